The van der Waals surface area contributed by atoms with Gasteiger partial charge in [0.05, 0.1) is 11.1 Å². The molecule has 0 saturated heterocycles. The molecule has 55 heavy (non-hydrogen) atoms. The van der Waals surface area contributed by atoms with Gasteiger partial charge in [-0.25, -0.2) is 15.0 Å². The number of rotatable bonds is 7. The van der Waals surface area contributed by atoms with E-state index in [9.17, 15) is 0 Å². The molecule has 0 fully saturated rings. The molecule has 0 aliphatic heterocycles. The maximum absolute atomic E-state index is 5.12. The highest BCUT2D eigenvalue weighted by Crippen LogP contribution is 2.57. The SMILES string of the molecule is c1ccc(-c2nc(-c3ccccc3)nc(-c3ccc4c(c3)C(c3ccccc3)(c3ccccc3)c3cc(-c5ccc(-c6ccccn6)cc5)ccc3-4)n2)cc1. The van der Waals surface area contributed by atoms with Gasteiger partial charge in [0.15, 0.2) is 17.5 Å². The lowest BCUT2D eigenvalue weighted by molar-refractivity contribution is 0.769. The third-order valence-electron chi connectivity index (χ3n) is 10.7. The van der Waals surface area contributed by atoms with E-state index in [4.69, 9.17) is 15.0 Å². The fourth-order valence-electron chi connectivity index (χ4n) is 8.11. The van der Waals surface area contributed by atoms with Crippen molar-refractivity contribution in [2.75, 3.05) is 0 Å². The van der Waals surface area contributed by atoms with Gasteiger partial charge in [0, 0.05) is 28.5 Å². The van der Waals surface area contributed by atoms with Crippen LogP contribution in [-0.4, -0.2) is 19.9 Å². The summed E-state index contributed by atoms with van der Waals surface area (Å²) in [5, 5.41) is 0. The standard InChI is InChI=1S/C51H34N4/c1-5-15-37(16-6-1)48-53-49(38-17-7-2-8-18-38)55-50(54-48)40-29-31-44-43-30-28-39(35-24-26-36(27-25-35)47-23-13-14-32-52-47)33-45(43)51(46(44)34-40,41-19-9-3-10-20-41)42-21-11-4-12-22-42/h1-34H. The molecule has 0 unspecified atom stereocenters. The minimum absolute atomic E-state index is 0.606. The first-order valence-corrected chi connectivity index (χ1v) is 18.6. The second-order valence-corrected chi connectivity index (χ2v) is 13.8. The van der Waals surface area contributed by atoms with Crippen molar-refractivity contribution in [3.63, 3.8) is 0 Å². The molecule has 1 aliphatic rings. The number of aromatic nitrogens is 4. The highest BCUT2D eigenvalue weighted by molar-refractivity contribution is 5.90. The first kappa shape index (κ1) is 32.4. The minimum Gasteiger partial charge on any atom is -0.256 e. The van der Waals surface area contributed by atoms with Gasteiger partial charge in [-0.1, -0.05) is 176 Å². The van der Waals surface area contributed by atoms with Crippen LogP contribution in [0.4, 0.5) is 0 Å². The van der Waals surface area contributed by atoms with Gasteiger partial charge in [-0.05, 0) is 68.8 Å². The van der Waals surface area contributed by atoms with E-state index in [1.807, 2.05) is 85.1 Å². The summed E-state index contributed by atoms with van der Waals surface area (Å²) in [7, 11) is 0. The number of hydrogen-bond donors (Lipinski definition) is 0. The zero-order valence-corrected chi connectivity index (χ0v) is 29.9. The molecule has 0 spiro atoms. The van der Waals surface area contributed by atoms with Crippen molar-refractivity contribution in [3.05, 3.63) is 229 Å². The molecule has 10 rings (SSSR count). The second kappa shape index (κ2) is 13.6. The second-order valence-electron chi connectivity index (χ2n) is 13.8. The van der Waals surface area contributed by atoms with Crippen molar-refractivity contribution in [2.45, 2.75) is 5.41 Å². The van der Waals surface area contributed by atoms with Crippen LogP contribution in [0.5, 0.6) is 0 Å². The predicted molar refractivity (Wildman–Crippen MR) is 222 cm³/mol. The van der Waals surface area contributed by atoms with Crippen LogP contribution in [0.15, 0.2) is 206 Å². The molecular formula is C51H34N4. The Morgan fingerprint density at radius 3 is 1.24 bits per heavy atom. The Morgan fingerprint density at radius 2 is 0.727 bits per heavy atom. The van der Waals surface area contributed by atoms with Crippen LogP contribution < -0.4 is 0 Å². The maximum atomic E-state index is 5.12. The number of benzene rings is 7. The van der Waals surface area contributed by atoms with Gasteiger partial charge in [-0.15, -0.1) is 0 Å². The molecule has 0 amide bonds. The fourth-order valence-corrected chi connectivity index (χ4v) is 8.11. The molecule has 4 heteroatoms. The molecule has 0 saturated carbocycles. The van der Waals surface area contributed by atoms with E-state index in [-0.39, 0.29) is 0 Å². The number of hydrogen-bond acceptors (Lipinski definition) is 4. The van der Waals surface area contributed by atoms with Crippen molar-refractivity contribution >= 4 is 0 Å². The topological polar surface area (TPSA) is 51.6 Å². The van der Waals surface area contributed by atoms with Crippen molar-refractivity contribution in [3.8, 4) is 67.7 Å². The zero-order chi connectivity index (χ0) is 36.6. The van der Waals surface area contributed by atoms with Gasteiger partial charge in [0.25, 0.3) is 0 Å². The normalized spacial score (nSPS) is 12.5. The summed E-state index contributed by atoms with van der Waals surface area (Å²) in [5.74, 6) is 1.92. The van der Waals surface area contributed by atoms with E-state index in [1.54, 1.807) is 0 Å². The summed E-state index contributed by atoms with van der Waals surface area (Å²) in [6, 6.07) is 70.5. The number of nitrogens with zero attached hydrogens (tertiary/aromatic N) is 4. The maximum Gasteiger partial charge on any atom is 0.164 e. The van der Waals surface area contributed by atoms with Crippen molar-refractivity contribution in [1.82, 2.24) is 19.9 Å². The van der Waals surface area contributed by atoms with Gasteiger partial charge in [0.2, 0.25) is 0 Å². The monoisotopic (exact) mass is 702 g/mol. The molecule has 0 radical (unpaired) electrons. The van der Waals surface area contributed by atoms with Gasteiger partial charge >= 0.3 is 0 Å². The van der Waals surface area contributed by atoms with Gasteiger partial charge in [-0.3, -0.25) is 4.98 Å². The zero-order valence-electron chi connectivity index (χ0n) is 29.9. The molecule has 4 nitrogen and oxygen atoms in total. The van der Waals surface area contributed by atoms with Gasteiger partial charge in [-0.2, -0.15) is 0 Å². The van der Waals surface area contributed by atoms with Crippen LogP contribution in [-0.2, 0) is 5.41 Å². The lowest BCUT2D eigenvalue weighted by Gasteiger charge is -2.34. The molecule has 9 aromatic rings. The van der Waals surface area contributed by atoms with Gasteiger partial charge < -0.3 is 0 Å². The Bertz CT molecular complexity index is 2670. The summed E-state index contributed by atoms with van der Waals surface area (Å²) in [4.78, 5) is 19.8. The summed E-state index contributed by atoms with van der Waals surface area (Å²) < 4.78 is 0. The lowest BCUT2D eigenvalue weighted by atomic mass is 9.67. The van der Waals surface area contributed by atoms with E-state index in [1.165, 1.54) is 33.4 Å². The van der Waals surface area contributed by atoms with Crippen molar-refractivity contribution in [1.29, 1.82) is 0 Å². The molecule has 0 bridgehead atoms. The van der Waals surface area contributed by atoms with Crippen LogP contribution in [0.1, 0.15) is 22.3 Å². The molecule has 2 aromatic heterocycles. The van der Waals surface area contributed by atoms with Crippen LogP contribution in [0, 0.1) is 0 Å². The fraction of sp³-hybridized carbons (Fsp3) is 0.0196. The number of fused-ring (bicyclic) bond motifs is 3. The summed E-state index contributed by atoms with van der Waals surface area (Å²) >= 11 is 0. The van der Waals surface area contributed by atoms with Gasteiger partial charge in [0.1, 0.15) is 0 Å². The third kappa shape index (κ3) is 5.63. The van der Waals surface area contributed by atoms with Crippen molar-refractivity contribution in [2.24, 2.45) is 0 Å². The quantitative estimate of drug-likeness (QED) is 0.166. The number of pyridine rings is 1. The van der Waals surface area contributed by atoms with E-state index in [0.717, 1.165) is 39.1 Å². The molecule has 0 N–H and O–H groups in total. The average Bonchev–Trinajstić information content (AvgIpc) is 3.57. The van der Waals surface area contributed by atoms with Crippen LogP contribution in [0.3, 0.4) is 0 Å². The molecule has 7 aromatic carbocycles. The van der Waals surface area contributed by atoms with Crippen LogP contribution >= 0.6 is 0 Å². The Kier molecular flexibility index (Phi) is 8.00. The predicted octanol–water partition coefficient (Wildman–Crippen LogP) is 12.0. The Morgan fingerprint density at radius 1 is 0.309 bits per heavy atom. The summed E-state index contributed by atoms with van der Waals surface area (Å²) in [6.45, 7) is 0. The van der Waals surface area contributed by atoms with E-state index in [2.05, 4.69) is 126 Å². The first-order chi connectivity index (χ1) is 27.3. The van der Waals surface area contributed by atoms with Crippen LogP contribution in [0.2, 0.25) is 0 Å². The minimum atomic E-state index is -0.606. The molecule has 0 atom stereocenters. The molecule has 2 heterocycles. The lowest BCUT2D eigenvalue weighted by Crippen LogP contribution is -2.28. The average molecular weight is 703 g/mol. The summed E-state index contributed by atoms with van der Waals surface area (Å²) in [5.41, 5.74) is 13.8. The van der Waals surface area contributed by atoms with E-state index in [0.29, 0.717) is 17.5 Å². The van der Waals surface area contributed by atoms with Crippen molar-refractivity contribution < 1.29 is 0 Å². The highest BCUT2D eigenvalue weighted by Gasteiger charge is 2.46. The first-order valence-electron chi connectivity index (χ1n) is 18.6. The Hall–Kier alpha value is -7.30. The highest BCUT2D eigenvalue weighted by atomic mass is 15.0. The van der Waals surface area contributed by atoms with E-state index >= 15 is 0 Å². The Balaban J connectivity index is 1.19. The Labute approximate surface area is 320 Å². The van der Waals surface area contributed by atoms with Crippen LogP contribution in [0.25, 0.3) is 67.7 Å². The van der Waals surface area contributed by atoms with E-state index < -0.39 is 5.41 Å². The smallest absolute Gasteiger partial charge is 0.164 e. The largest absolute Gasteiger partial charge is 0.256 e. The molecular weight excluding hydrogens is 669 g/mol. The molecule has 1 aliphatic carbocycles. The molecule has 258 valence electrons. The third-order valence-corrected chi connectivity index (χ3v) is 10.7. The summed E-state index contributed by atoms with van der Waals surface area (Å²) in [6.07, 6.45) is 1.84.